The fourth-order valence-electron chi connectivity index (χ4n) is 1.25. The van der Waals surface area contributed by atoms with E-state index in [9.17, 15) is 0 Å². The standard InChI is InChI=1S/C10H17N3O/c1-13(6-3-7-14-2)9-4-5-12-10(11)8-9/h4-5,8H,3,6-7H2,1-2H3,(H2,11,12). The van der Waals surface area contributed by atoms with Crippen molar-refractivity contribution in [2.75, 3.05) is 37.9 Å². The van der Waals surface area contributed by atoms with Crippen LogP contribution in [0.4, 0.5) is 11.5 Å². The molecule has 1 aromatic rings. The molecule has 14 heavy (non-hydrogen) atoms. The van der Waals surface area contributed by atoms with Gasteiger partial charge >= 0.3 is 0 Å². The van der Waals surface area contributed by atoms with Crippen LogP contribution in [-0.4, -0.2) is 32.3 Å². The summed E-state index contributed by atoms with van der Waals surface area (Å²) in [4.78, 5) is 6.08. The van der Waals surface area contributed by atoms with Gasteiger partial charge in [-0.15, -0.1) is 0 Å². The predicted octanol–water partition coefficient (Wildman–Crippen LogP) is 1.14. The van der Waals surface area contributed by atoms with Crippen LogP contribution in [0.3, 0.4) is 0 Å². The van der Waals surface area contributed by atoms with Gasteiger partial charge in [0.25, 0.3) is 0 Å². The molecule has 0 saturated carbocycles. The van der Waals surface area contributed by atoms with Crippen molar-refractivity contribution in [1.82, 2.24) is 4.98 Å². The van der Waals surface area contributed by atoms with E-state index in [1.165, 1.54) is 0 Å². The van der Waals surface area contributed by atoms with E-state index in [0.29, 0.717) is 5.82 Å². The van der Waals surface area contributed by atoms with E-state index >= 15 is 0 Å². The third kappa shape index (κ3) is 3.22. The second-order valence-corrected chi connectivity index (χ2v) is 3.21. The summed E-state index contributed by atoms with van der Waals surface area (Å²) in [6, 6.07) is 3.82. The van der Waals surface area contributed by atoms with Crippen molar-refractivity contribution in [1.29, 1.82) is 0 Å². The summed E-state index contributed by atoms with van der Waals surface area (Å²) < 4.78 is 4.99. The summed E-state index contributed by atoms with van der Waals surface area (Å²) in [5.74, 6) is 0.557. The highest BCUT2D eigenvalue weighted by Crippen LogP contribution is 2.13. The molecule has 4 nitrogen and oxygen atoms in total. The first-order valence-electron chi connectivity index (χ1n) is 4.65. The van der Waals surface area contributed by atoms with E-state index < -0.39 is 0 Å². The van der Waals surface area contributed by atoms with Crippen LogP contribution in [0, 0.1) is 0 Å². The first kappa shape index (κ1) is 10.8. The van der Waals surface area contributed by atoms with Gasteiger partial charge in [0, 0.05) is 45.3 Å². The fourth-order valence-corrected chi connectivity index (χ4v) is 1.25. The van der Waals surface area contributed by atoms with E-state index in [1.54, 1.807) is 13.3 Å². The van der Waals surface area contributed by atoms with Gasteiger partial charge in [0.1, 0.15) is 5.82 Å². The number of nitrogens with two attached hydrogens (primary N) is 1. The predicted molar refractivity (Wildman–Crippen MR) is 58.4 cm³/mol. The lowest BCUT2D eigenvalue weighted by Crippen LogP contribution is -2.19. The van der Waals surface area contributed by atoms with Crippen molar-refractivity contribution in [3.05, 3.63) is 18.3 Å². The van der Waals surface area contributed by atoms with Crippen LogP contribution >= 0.6 is 0 Å². The van der Waals surface area contributed by atoms with E-state index in [-0.39, 0.29) is 0 Å². The normalized spacial score (nSPS) is 10.1. The molecule has 0 aliphatic heterocycles. The number of rotatable bonds is 5. The molecule has 2 N–H and O–H groups in total. The molecule has 0 saturated heterocycles. The largest absolute Gasteiger partial charge is 0.385 e. The second-order valence-electron chi connectivity index (χ2n) is 3.21. The molecule has 4 heteroatoms. The Hall–Kier alpha value is -1.29. The minimum atomic E-state index is 0.557. The van der Waals surface area contributed by atoms with Crippen LogP contribution in [0.5, 0.6) is 0 Å². The van der Waals surface area contributed by atoms with Gasteiger partial charge in [0.05, 0.1) is 0 Å². The van der Waals surface area contributed by atoms with Gasteiger partial charge in [0.2, 0.25) is 0 Å². The summed E-state index contributed by atoms with van der Waals surface area (Å²) in [6.07, 6.45) is 2.73. The van der Waals surface area contributed by atoms with E-state index in [1.807, 2.05) is 19.2 Å². The molecular formula is C10H17N3O. The van der Waals surface area contributed by atoms with Crippen LogP contribution in [0.2, 0.25) is 0 Å². The molecule has 0 aliphatic carbocycles. The monoisotopic (exact) mass is 195 g/mol. The molecule has 1 heterocycles. The second kappa shape index (κ2) is 5.44. The molecule has 0 bridgehead atoms. The van der Waals surface area contributed by atoms with Crippen molar-refractivity contribution in [3.8, 4) is 0 Å². The SMILES string of the molecule is COCCCN(C)c1ccnc(N)c1. The van der Waals surface area contributed by atoms with Gasteiger partial charge in [-0.3, -0.25) is 0 Å². The Bertz CT molecular complexity index is 278. The van der Waals surface area contributed by atoms with E-state index in [4.69, 9.17) is 10.5 Å². The summed E-state index contributed by atoms with van der Waals surface area (Å²) in [5, 5.41) is 0. The Kier molecular flexibility index (Phi) is 4.19. The van der Waals surface area contributed by atoms with Gasteiger partial charge < -0.3 is 15.4 Å². The summed E-state index contributed by atoms with van der Waals surface area (Å²) in [5.41, 5.74) is 6.68. The van der Waals surface area contributed by atoms with Gasteiger partial charge in [-0.1, -0.05) is 0 Å². The third-order valence-electron chi connectivity index (χ3n) is 2.05. The Balaban J connectivity index is 2.47. The molecule has 0 atom stereocenters. The zero-order chi connectivity index (χ0) is 10.4. The minimum absolute atomic E-state index is 0.557. The maximum absolute atomic E-state index is 5.59. The molecule has 0 aromatic carbocycles. The Morgan fingerprint density at radius 2 is 2.36 bits per heavy atom. The number of nitrogen functional groups attached to an aromatic ring is 1. The number of aromatic nitrogens is 1. The highest BCUT2D eigenvalue weighted by atomic mass is 16.5. The summed E-state index contributed by atoms with van der Waals surface area (Å²) >= 11 is 0. The molecule has 1 aromatic heterocycles. The van der Waals surface area contributed by atoms with Gasteiger partial charge in [0.15, 0.2) is 0 Å². The number of hydrogen-bond acceptors (Lipinski definition) is 4. The molecule has 0 radical (unpaired) electrons. The third-order valence-corrected chi connectivity index (χ3v) is 2.05. The van der Waals surface area contributed by atoms with Crippen molar-refractivity contribution in [2.24, 2.45) is 0 Å². The lowest BCUT2D eigenvalue weighted by atomic mass is 10.3. The van der Waals surface area contributed by atoms with Crippen molar-refractivity contribution in [2.45, 2.75) is 6.42 Å². The molecule has 0 aliphatic rings. The maximum atomic E-state index is 5.59. The zero-order valence-corrected chi connectivity index (χ0v) is 8.73. The average Bonchev–Trinajstić information content (AvgIpc) is 2.18. The highest BCUT2D eigenvalue weighted by molar-refractivity contribution is 5.51. The topological polar surface area (TPSA) is 51.4 Å². The van der Waals surface area contributed by atoms with Crippen LogP contribution in [0.15, 0.2) is 18.3 Å². The first-order valence-corrected chi connectivity index (χ1v) is 4.65. The first-order chi connectivity index (χ1) is 6.74. The molecular weight excluding hydrogens is 178 g/mol. The van der Waals surface area contributed by atoms with E-state index in [0.717, 1.165) is 25.3 Å². The van der Waals surface area contributed by atoms with Crippen LogP contribution in [-0.2, 0) is 4.74 Å². The molecule has 0 spiro atoms. The lowest BCUT2D eigenvalue weighted by molar-refractivity contribution is 0.196. The molecule has 0 fully saturated rings. The highest BCUT2D eigenvalue weighted by Gasteiger charge is 2.00. The van der Waals surface area contributed by atoms with E-state index in [2.05, 4.69) is 9.88 Å². The van der Waals surface area contributed by atoms with Crippen molar-refractivity contribution < 1.29 is 4.74 Å². The number of ether oxygens (including phenoxy) is 1. The smallest absolute Gasteiger partial charge is 0.125 e. The van der Waals surface area contributed by atoms with Crippen LogP contribution in [0.1, 0.15) is 6.42 Å². The van der Waals surface area contributed by atoms with Gasteiger partial charge in [-0.05, 0) is 12.5 Å². The maximum Gasteiger partial charge on any atom is 0.125 e. The number of nitrogens with zero attached hydrogens (tertiary/aromatic N) is 2. The Labute approximate surface area is 84.7 Å². The summed E-state index contributed by atoms with van der Waals surface area (Å²) in [7, 11) is 3.74. The van der Waals surface area contributed by atoms with Crippen molar-refractivity contribution in [3.63, 3.8) is 0 Å². The number of methoxy groups -OCH3 is 1. The fraction of sp³-hybridized carbons (Fsp3) is 0.500. The summed E-state index contributed by atoms with van der Waals surface area (Å²) in [6.45, 7) is 1.74. The number of pyridine rings is 1. The number of hydrogen-bond donors (Lipinski definition) is 1. The average molecular weight is 195 g/mol. The van der Waals surface area contributed by atoms with Gasteiger partial charge in [-0.2, -0.15) is 0 Å². The Morgan fingerprint density at radius 3 is 3.00 bits per heavy atom. The molecule has 0 unspecified atom stereocenters. The van der Waals surface area contributed by atoms with Crippen LogP contribution in [0.25, 0.3) is 0 Å². The molecule has 1 rings (SSSR count). The minimum Gasteiger partial charge on any atom is -0.385 e. The number of anilines is 2. The van der Waals surface area contributed by atoms with Crippen LogP contribution < -0.4 is 10.6 Å². The van der Waals surface area contributed by atoms with Gasteiger partial charge in [-0.25, -0.2) is 4.98 Å². The van der Waals surface area contributed by atoms with Crippen molar-refractivity contribution >= 4 is 11.5 Å². The molecule has 78 valence electrons. The quantitative estimate of drug-likeness (QED) is 0.716. The Morgan fingerprint density at radius 1 is 1.57 bits per heavy atom. The zero-order valence-electron chi connectivity index (χ0n) is 8.73. The molecule has 0 amide bonds. The lowest BCUT2D eigenvalue weighted by Gasteiger charge is -2.18.